The molecule has 1 aromatic heterocycles. The van der Waals surface area contributed by atoms with Gasteiger partial charge in [0.15, 0.2) is 0 Å². The van der Waals surface area contributed by atoms with Crippen LogP contribution in [-0.4, -0.2) is 45.9 Å². The third-order valence-corrected chi connectivity index (χ3v) is 7.59. The molecule has 0 aliphatic carbocycles. The Labute approximate surface area is 217 Å². The van der Waals surface area contributed by atoms with E-state index in [2.05, 4.69) is 5.32 Å². The number of hydrogen-bond donors (Lipinski definition) is 2. The minimum absolute atomic E-state index is 0.00506. The van der Waals surface area contributed by atoms with Crippen LogP contribution >= 0.6 is 0 Å². The van der Waals surface area contributed by atoms with Crippen LogP contribution < -0.4 is 10.9 Å². The Balaban J connectivity index is 1.32. The Kier molecular flexibility index (Phi) is 6.68. The second-order valence-corrected chi connectivity index (χ2v) is 10.9. The number of pyridine rings is 1. The molecular formula is C30H35N3O4. The molecule has 2 N–H and O–H groups in total. The monoisotopic (exact) mass is 501 g/mol. The number of cyclic esters (lactones) is 1. The van der Waals surface area contributed by atoms with E-state index >= 15 is 0 Å². The lowest BCUT2D eigenvalue weighted by molar-refractivity contribution is -0.101. The van der Waals surface area contributed by atoms with E-state index in [1.807, 2.05) is 73.8 Å². The van der Waals surface area contributed by atoms with Gasteiger partial charge in [-0.15, -0.1) is 0 Å². The minimum Gasteiger partial charge on any atom is -0.438 e. The summed E-state index contributed by atoms with van der Waals surface area (Å²) >= 11 is 0. The molecular weight excluding hydrogens is 466 g/mol. The lowest BCUT2D eigenvalue weighted by atomic mass is 9.80. The van der Waals surface area contributed by atoms with Crippen LogP contribution in [0.5, 0.6) is 0 Å². The quantitative estimate of drug-likeness (QED) is 0.494. The highest BCUT2D eigenvalue weighted by molar-refractivity contribution is 5.70. The Morgan fingerprint density at radius 3 is 2.32 bits per heavy atom. The first kappa shape index (κ1) is 25.2. The Morgan fingerprint density at radius 1 is 1.05 bits per heavy atom. The van der Waals surface area contributed by atoms with Gasteiger partial charge in [0.05, 0.1) is 17.7 Å². The zero-order valence-corrected chi connectivity index (χ0v) is 21.7. The average molecular weight is 502 g/mol. The van der Waals surface area contributed by atoms with E-state index in [-0.39, 0.29) is 23.7 Å². The van der Waals surface area contributed by atoms with E-state index in [9.17, 15) is 14.7 Å². The Hall–Kier alpha value is -3.42. The Morgan fingerprint density at radius 2 is 1.76 bits per heavy atom. The number of carbonyl (C=O) groups is 1. The molecule has 0 unspecified atom stereocenters. The topological polar surface area (TPSA) is 83.8 Å². The number of aliphatic hydroxyl groups is 1. The van der Waals surface area contributed by atoms with Crippen molar-refractivity contribution in [1.82, 2.24) is 14.8 Å². The second-order valence-electron chi connectivity index (χ2n) is 10.9. The van der Waals surface area contributed by atoms with Crippen molar-refractivity contribution in [2.24, 2.45) is 0 Å². The molecule has 2 atom stereocenters. The first-order chi connectivity index (χ1) is 17.7. The van der Waals surface area contributed by atoms with E-state index in [1.165, 1.54) is 0 Å². The summed E-state index contributed by atoms with van der Waals surface area (Å²) in [6.45, 7) is 7.66. The van der Waals surface area contributed by atoms with Crippen molar-refractivity contribution in [3.05, 3.63) is 94.4 Å². The molecule has 7 nitrogen and oxygen atoms in total. The Bertz CT molecular complexity index is 1310. The highest BCUT2D eigenvalue weighted by Gasteiger charge is 2.46. The maximum atomic E-state index is 13.3. The van der Waals surface area contributed by atoms with Crippen molar-refractivity contribution in [2.45, 2.75) is 56.9 Å². The number of aromatic nitrogens is 1. The molecule has 2 saturated heterocycles. The third-order valence-electron chi connectivity index (χ3n) is 7.59. The average Bonchev–Trinajstić information content (AvgIpc) is 2.83. The normalized spacial score (nSPS) is 21.3. The highest BCUT2D eigenvalue weighted by Crippen LogP contribution is 2.42. The molecule has 2 aliphatic rings. The van der Waals surface area contributed by atoms with E-state index in [4.69, 9.17) is 4.74 Å². The number of nitrogens with one attached hydrogen (secondary N) is 1. The molecule has 0 saturated carbocycles. The molecule has 0 bridgehead atoms. The first-order valence-electron chi connectivity index (χ1n) is 13.0. The SMILES string of the molecule is C[C@@H](c1ccc(-c2ccn(C3CNC3)c(=O)c2)cc1)N1CC[C@](CC(C)(C)O)(c2ccccc2)OC1=O. The van der Waals surface area contributed by atoms with Crippen molar-refractivity contribution in [1.29, 1.82) is 0 Å². The third kappa shape index (κ3) is 5.20. The van der Waals surface area contributed by atoms with Crippen LogP contribution in [-0.2, 0) is 10.3 Å². The number of hydrogen-bond acceptors (Lipinski definition) is 5. The summed E-state index contributed by atoms with van der Waals surface area (Å²) < 4.78 is 7.91. The van der Waals surface area contributed by atoms with Gasteiger partial charge in [-0.3, -0.25) is 4.79 Å². The zero-order chi connectivity index (χ0) is 26.2. The summed E-state index contributed by atoms with van der Waals surface area (Å²) in [7, 11) is 0. The summed E-state index contributed by atoms with van der Waals surface area (Å²) in [6, 6.07) is 21.4. The van der Waals surface area contributed by atoms with Gasteiger partial charge in [0, 0.05) is 44.7 Å². The van der Waals surface area contributed by atoms with Crippen LogP contribution in [0.1, 0.15) is 56.8 Å². The summed E-state index contributed by atoms with van der Waals surface area (Å²) in [4.78, 5) is 27.6. The molecule has 7 heteroatoms. The fraction of sp³-hybridized carbons (Fsp3) is 0.400. The lowest BCUT2D eigenvalue weighted by Crippen LogP contribution is -2.51. The van der Waals surface area contributed by atoms with E-state index in [0.717, 1.165) is 35.3 Å². The number of amides is 1. The van der Waals surface area contributed by atoms with Crippen molar-refractivity contribution in [2.75, 3.05) is 19.6 Å². The van der Waals surface area contributed by atoms with Crippen LogP contribution in [0.3, 0.4) is 0 Å². The molecule has 37 heavy (non-hydrogen) atoms. The van der Waals surface area contributed by atoms with Crippen LogP contribution in [0.25, 0.3) is 11.1 Å². The summed E-state index contributed by atoms with van der Waals surface area (Å²) in [5.41, 5.74) is 1.87. The molecule has 2 aliphatic heterocycles. The molecule has 1 amide bonds. The molecule has 5 rings (SSSR count). The molecule has 2 aromatic carbocycles. The van der Waals surface area contributed by atoms with Crippen LogP contribution in [0.15, 0.2) is 77.7 Å². The smallest absolute Gasteiger partial charge is 0.411 e. The van der Waals surface area contributed by atoms with Crippen LogP contribution in [0, 0.1) is 0 Å². The van der Waals surface area contributed by atoms with Gasteiger partial charge in [0.1, 0.15) is 5.60 Å². The number of carbonyl (C=O) groups excluding carboxylic acids is 1. The van der Waals surface area contributed by atoms with Gasteiger partial charge in [-0.1, -0.05) is 54.6 Å². The highest BCUT2D eigenvalue weighted by atomic mass is 16.6. The number of ether oxygens (including phenoxy) is 1. The summed E-state index contributed by atoms with van der Waals surface area (Å²) in [6.07, 6.45) is 2.39. The molecule has 0 radical (unpaired) electrons. The molecule has 3 heterocycles. The number of nitrogens with zero attached hydrogens (tertiary/aromatic N) is 2. The minimum atomic E-state index is -0.991. The van der Waals surface area contributed by atoms with Gasteiger partial charge in [0.2, 0.25) is 0 Å². The van der Waals surface area contributed by atoms with Gasteiger partial charge >= 0.3 is 6.09 Å². The number of rotatable bonds is 7. The van der Waals surface area contributed by atoms with Gasteiger partial charge in [0.25, 0.3) is 5.56 Å². The molecule has 194 valence electrons. The molecule has 0 spiro atoms. The maximum absolute atomic E-state index is 13.3. The van der Waals surface area contributed by atoms with Gasteiger partial charge in [-0.25, -0.2) is 4.79 Å². The lowest BCUT2D eigenvalue weighted by Gasteiger charge is -2.45. The van der Waals surface area contributed by atoms with Crippen molar-refractivity contribution >= 4 is 6.09 Å². The zero-order valence-electron chi connectivity index (χ0n) is 21.7. The standard InChI is InChI=1S/C30H35N3O4/c1-21(22-9-11-23(12-10-22)24-13-15-33(27(34)17-24)26-18-31-19-26)32-16-14-30(37-28(32)35,20-29(2,3)36)25-7-5-4-6-8-25/h4-13,15,17,21,26,31,36H,14,16,18-20H2,1-3H3/t21-,30-/m0/s1. The van der Waals surface area contributed by atoms with Crippen LogP contribution in [0.2, 0.25) is 0 Å². The molecule has 2 fully saturated rings. The predicted molar refractivity (Wildman–Crippen MR) is 143 cm³/mol. The second kappa shape index (κ2) is 9.80. The maximum Gasteiger partial charge on any atom is 0.411 e. The first-order valence-corrected chi connectivity index (χ1v) is 13.0. The fourth-order valence-corrected chi connectivity index (χ4v) is 5.47. The molecule has 3 aromatic rings. The fourth-order valence-electron chi connectivity index (χ4n) is 5.47. The van der Waals surface area contributed by atoms with Crippen molar-refractivity contribution in [3.63, 3.8) is 0 Å². The van der Waals surface area contributed by atoms with E-state index in [1.54, 1.807) is 29.4 Å². The van der Waals surface area contributed by atoms with E-state index in [0.29, 0.717) is 19.4 Å². The number of benzene rings is 2. The summed E-state index contributed by atoms with van der Waals surface area (Å²) in [5.74, 6) is 0. The predicted octanol–water partition coefficient (Wildman–Crippen LogP) is 4.62. The largest absolute Gasteiger partial charge is 0.438 e. The van der Waals surface area contributed by atoms with Gasteiger partial charge in [-0.05, 0) is 49.1 Å². The van der Waals surface area contributed by atoms with E-state index < -0.39 is 11.2 Å². The van der Waals surface area contributed by atoms with Crippen LogP contribution in [0.4, 0.5) is 4.79 Å². The van der Waals surface area contributed by atoms with Crippen molar-refractivity contribution < 1.29 is 14.6 Å². The van der Waals surface area contributed by atoms with Crippen molar-refractivity contribution in [3.8, 4) is 11.1 Å². The van der Waals surface area contributed by atoms with Gasteiger partial charge in [-0.2, -0.15) is 0 Å². The summed E-state index contributed by atoms with van der Waals surface area (Å²) in [5, 5.41) is 13.8. The van der Waals surface area contributed by atoms with Gasteiger partial charge < -0.3 is 24.6 Å².